The first kappa shape index (κ1) is 23.1. The largest absolute Gasteiger partial charge is 0.444 e. The van der Waals surface area contributed by atoms with Crippen LogP contribution in [0.15, 0.2) is 30.3 Å². The van der Waals surface area contributed by atoms with E-state index in [4.69, 9.17) is 4.74 Å². The Morgan fingerprint density at radius 3 is 2.17 bits per heavy atom. The number of benzene rings is 1. The number of piperidine rings is 1. The second-order valence-corrected chi connectivity index (χ2v) is 10.1. The number of hydrogen-bond donors (Lipinski definition) is 0. The summed E-state index contributed by atoms with van der Waals surface area (Å²) in [4.78, 5) is 39.7. The Bertz CT molecular complexity index is 727. The van der Waals surface area contributed by atoms with Crippen LogP contribution in [0.2, 0.25) is 0 Å². The van der Waals surface area contributed by atoms with Gasteiger partial charge in [0.1, 0.15) is 11.4 Å². The van der Waals surface area contributed by atoms with Crippen molar-refractivity contribution in [1.29, 1.82) is 0 Å². The van der Waals surface area contributed by atoms with E-state index in [0.717, 1.165) is 12.8 Å². The van der Waals surface area contributed by atoms with Crippen molar-refractivity contribution >= 4 is 17.7 Å². The summed E-state index contributed by atoms with van der Waals surface area (Å²) in [7, 11) is 0. The Kier molecular flexibility index (Phi) is 7.25. The highest BCUT2D eigenvalue weighted by Crippen LogP contribution is 2.29. The van der Waals surface area contributed by atoms with Gasteiger partial charge in [0.05, 0.1) is 12.5 Å². The van der Waals surface area contributed by atoms with Crippen molar-refractivity contribution in [2.24, 2.45) is 11.3 Å². The Balaban J connectivity index is 2.15. The molecule has 1 aromatic rings. The summed E-state index contributed by atoms with van der Waals surface area (Å²) in [6, 6.07) is 9.57. The summed E-state index contributed by atoms with van der Waals surface area (Å²) >= 11 is 0. The van der Waals surface area contributed by atoms with E-state index >= 15 is 0 Å². The van der Waals surface area contributed by atoms with Crippen LogP contribution in [0, 0.1) is 11.3 Å². The fourth-order valence-electron chi connectivity index (χ4n) is 3.56. The molecule has 160 valence electrons. The Morgan fingerprint density at radius 1 is 1.00 bits per heavy atom. The van der Waals surface area contributed by atoms with Crippen LogP contribution in [-0.2, 0) is 20.7 Å². The van der Waals surface area contributed by atoms with E-state index in [0.29, 0.717) is 13.0 Å². The highest BCUT2D eigenvalue weighted by Gasteiger charge is 2.39. The molecule has 0 radical (unpaired) electrons. The van der Waals surface area contributed by atoms with E-state index in [1.807, 2.05) is 59.7 Å². The molecule has 1 amide bonds. The number of carbonyl (C=O) groups is 3. The minimum Gasteiger partial charge on any atom is -0.444 e. The molecule has 1 aliphatic heterocycles. The molecule has 1 aromatic carbocycles. The van der Waals surface area contributed by atoms with Gasteiger partial charge in [-0.15, -0.1) is 0 Å². The topological polar surface area (TPSA) is 63.7 Å². The molecule has 1 heterocycles. The van der Waals surface area contributed by atoms with Gasteiger partial charge in [0.2, 0.25) is 0 Å². The normalized spacial score (nSPS) is 20.3. The molecule has 0 aromatic heterocycles. The number of rotatable bonds is 5. The Labute approximate surface area is 174 Å². The predicted molar refractivity (Wildman–Crippen MR) is 114 cm³/mol. The molecular formula is C24H35NO4. The molecule has 0 spiro atoms. The third-order valence-electron chi connectivity index (χ3n) is 5.22. The molecule has 5 heteroatoms. The van der Waals surface area contributed by atoms with Gasteiger partial charge >= 0.3 is 6.09 Å². The van der Waals surface area contributed by atoms with Gasteiger partial charge in [-0.05, 0) is 51.5 Å². The van der Waals surface area contributed by atoms with Crippen LogP contribution < -0.4 is 0 Å². The molecule has 0 aliphatic carbocycles. The Hall–Kier alpha value is -2.17. The molecule has 0 bridgehead atoms. The lowest BCUT2D eigenvalue weighted by Gasteiger charge is -2.39. The van der Waals surface area contributed by atoms with Crippen molar-refractivity contribution in [1.82, 2.24) is 4.90 Å². The van der Waals surface area contributed by atoms with E-state index in [-0.39, 0.29) is 23.9 Å². The summed E-state index contributed by atoms with van der Waals surface area (Å²) < 4.78 is 5.58. The van der Waals surface area contributed by atoms with Gasteiger partial charge in [-0.25, -0.2) is 4.79 Å². The number of hydrogen-bond acceptors (Lipinski definition) is 4. The molecule has 1 aliphatic rings. The van der Waals surface area contributed by atoms with Crippen LogP contribution in [0.4, 0.5) is 4.79 Å². The minimum atomic E-state index is -0.641. The first-order valence-corrected chi connectivity index (χ1v) is 10.5. The maximum absolute atomic E-state index is 12.9. The fourth-order valence-corrected chi connectivity index (χ4v) is 3.56. The van der Waals surface area contributed by atoms with Gasteiger partial charge < -0.3 is 4.74 Å². The second-order valence-electron chi connectivity index (χ2n) is 10.1. The van der Waals surface area contributed by atoms with Crippen molar-refractivity contribution in [3.8, 4) is 0 Å². The van der Waals surface area contributed by atoms with Gasteiger partial charge in [-0.2, -0.15) is 0 Å². The summed E-state index contributed by atoms with van der Waals surface area (Å²) in [5.41, 5.74) is 0.00388. The van der Waals surface area contributed by atoms with Crippen LogP contribution in [0.3, 0.4) is 0 Å². The summed E-state index contributed by atoms with van der Waals surface area (Å²) in [5, 5.41) is 0. The molecule has 1 saturated heterocycles. The van der Waals surface area contributed by atoms with Crippen molar-refractivity contribution < 1.29 is 19.1 Å². The number of nitrogens with zero attached hydrogens (tertiary/aromatic N) is 1. The van der Waals surface area contributed by atoms with Crippen molar-refractivity contribution in [2.75, 3.05) is 6.54 Å². The van der Waals surface area contributed by atoms with Crippen LogP contribution in [0.5, 0.6) is 0 Å². The lowest BCUT2D eigenvalue weighted by atomic mass is 9.83. The van der Waals surface area contributed by atoms with Crippen LogP contribution in [-0.4, -0.2) is 40.7 Å². The van der Waals surface area contributed by atoms with Crippen molar-refractivity contribution in [3.05, 3.63) is 35.9 Å². The lowest BCUT2D eigenvalue weighted by molar-refractivity contribution is -0.135. The smallest absolute Gasteiger partial charge is 0.410 e. The van der Waals surface area contributed by atoms with Crippen LogP contribution in [0.1, 0.15) is 66.4 Å². The van der Waals surface area contributed by atoms with E-state index < -0.39 is 23.2 Å². The van der Waals surface area contributed by atoms with Gasteiger partial charge in [-0.1, -0.05) is 51.1 Å². The molecular weight excluding hydrogens is 366 g/mol. The van der Waals surface area contributed by atoms with Crippen LogP contribution >= 0.6 is 0 Å². The summed E-state index contributed by atoms with van der Waals surface area (Å²) in [5.74, 6) is -0.0284. The maximum Gasteiger partial charge on any atom is 0.410 e. The maximum atomic E-state index is 12.9. The SMILES string of the molecule is CC(C)(C)OC(=O)N1C[C@H](Cc2ccccc2)CC[C@H]1C(=O)CC(=O)C(C)(C)C. The monoisotopic (exact) mass is 401 g/mol. The third kappa shape index (κ3) is 6.98. The second kappa shape index (κ2) is 9.10. The van der Waals surface area contributed by atoms with Gasteiger partial charge in [0.15, 0.2) is 5.78 Å². The van der Waals surface area contributed by atoms with Gasteiger partial charge in [0, 0.05) is 12.0 Å². The summed E-state index contributed by atoms with van der Waals surface area (Å²) in [6.07, 6.45) is 1.64. The molecule has 0 saturated carbocycles. The molecule has 2 rings (SSSR count). The first-order valence-electron chi connectivity index (χ1n) is 10.5. The standard InChI is InChI=1S/C24H35NO4/c1-23(2,3)21(27)15-20(26)19-13-12-18(14-17-10-8-7-9-11-17)16-25(19)22(28)29-24(4,5)6/h7-11,18-19H,12-16H2,1-6H3/t18-,19-/m0/s1. The number of likely N-dealkylation sites (tertiary alicyclic amines) is 1. The number of carbonyl (C=O) groups excluding carboxylic acids is 3. The predicted octanol–water partition coefficient (Wildman–Crippen LogP) is 4.82. The zero-order valence-corrected chi connectivity index (χ0v) is 18.7. The number of ether oxygens (including phenoxy) is 1. The molecule has 1 fully saturated rings. The van der Waals surface area contributed by atoms with E-state index in [1.165, 1.54) is 5.56 Å². The Morgan fingerprint density at radius 2 is 1.62 bits per heavy atom. The highest BCUT2D eigenvalue weighted by molar-refractivity contribution is 6.04. The van der Waals surface area contributed by atoms with Crippen LogP contribution in [0.25, 0.3) is 0 Å². The zero-order valence-electron chi connectivity index (χ0n) is 18.7. The minimum absolute atomic E-state index is 0.0990. The van der Waals surface area contributed by atoms with Gasteiger partial charge in [0.25, 0.3) is 0 Å². The van der Waals surface area contributed by atoms with Crippen molar-refractivity contribution in [2.45, 2.75) is 78.9 Å². The lowest BCUT2D eigenvalue weighted by Crippen LogP contribution is -2.52. The number of ketones is 2. The van der Waals surface area contributed by atoms with E-state index in [2.05, 4.69) is 12.1 Å². The molecule has 29 heavy (non-hydrogen) atoms. The first-order chi connectivity index (χ1) is 13.4. The van der Waals surface area contributed by atoms with Gasteiger partial charge in [-0.3, -0.25) is 14.5 Å². The van der Waals surface area contributed by atoms with Crippen molar-refractivity contribution in [3.63, 3.8) is 0 Å². The van der Waals surface area contributed by atoms with E-state index in [9.17, 15) is 14.4 Å². The molecule has 0 N–H and O–H groups in total. The zero-order chi connectivity index (χ0) is 21.8. The summed E-state index contributed by atoms with van der Waals surface area (Å²) in [6.45, 7) is 11.3. The number of amides is 1. The molecule has 2 atom stereocenters. The number of Topliss-reactive ketones (excluding diaryl/α,β-unsaturated/α-hetero) is 2. The van der Waals surface area contributed by atoms with E-state index in [1.54, 1.807) is 4.90 Å². The third-order valence-corrected chi connectivity index (χ3v) is 5.22. The average molecular weight is 402 g/mol. The molecule has 0 unspecified atom stereocenters. The highest BCUT2D eigenvalue weighted by atomic mass is 16.6. The average Bonchev–Trinajstić information content (AvgIpc) is 2.60. The fraction of sp³-hybridized carbons (Fsp3) is 0.625. The molecule has 5 nitrogen and oxygen atoms in total. The quantitative estimate of drug-likeness (QED) is 0.664.